The molecule has 2 heterocycles. The molecule has 4 aromatic rings. The average Bonchev–Trinajstić information content (AvgIpc) is 3.04. The monoisotopic (exact) mass is 325 g/mol. The first kappa shape index (κ1) is 14.1. The number of nitrogens with zero attached hydrogens (tertiary/aromatic N) is 4. The third-order valence-electron chi connectivity index (χ3n) is 5.35. The lowest BCUT2D eigenvalue weighted by atomic mass is 10.0. The SMILES string of the molecule is C[C@H]1[C@H](c2cnc3ccccc3n2)[C@@]1(C#N)c1nc2ccccc2[nH]1. The number of hydrogen-bond donors (Lipinski definition) is 1. The van der Waals surface area contributed by atoms with Gasteiger partial charge in [0, 0.05) is 12.1 Å². The van der Waals surface area contributed by atoms with Crippen molar-refractivity contribution in [2.75, 3.05) is 0 Å². The van der Waals surface area contributed by atoms with Crippen LogP contribution in [0, 0.1) is 17.2 Å². The topological polar surface area (TPSA) is 78.2 Å². The van der Waals surface area contributed by atoms with Crippen LogP contribution < -0.4 is 0 Å². The molecule has 0 unspecified atom stereocenters. The number of H-pyrrole nitrogens is 1. The summed E-state index contributed by atoms with van der Waals surface area (Å²) in [6, 6.07) is 18.2. The Labute approximate surface area is 144 Å². The molecule has 5 heteroatoms. The van der Waals surface area contributed by atoms with Gasteiger partial charge in [0.25, 0.3) is 0 Å². The minimum absolute atomic E-state index is 0.00447. The molecule has 0 saturated heterocycles. The predicted molar refractivity (Wildman–Crippen MR) is 94.8 cm³/mol. The van der Waals surface area contributed by atoms with E-state index in [4.69, 9.17) is 4.98 Å². The molecule has 0 amide bonds. The van der Waals surface area contributed by atoms with Crippen LogP contribution in [-0.2, 0) is 5.41 Å². The first-order chi connectivity index (χ1) is 12.2. The number of fused-ring (bicyclic) bond motifs is 2. The van der Waals surface area contributed by atoms with Gasteiger partial charge in [-0.2, -0.15) is 5.26 Å². The quantitative estimate of drug-likeness (QED) is 0.609. The second-order valence-corrected chi connectivity index (χ2v) is 6.63. The van der Waals surface area contributed by atoms with Gasteiger partial charge in [0.1, 0.15) is 11.2 Å². The first-order valence-corrected chi connectivity index (χ1v) is 8.32. The number of nitrogens with one attached hydrogen (secondary N) is 1. The van der Waals surface area contributed by atoms with E-state index in [0.29, 0.717) is 0 Å². The number of hydrogen-bond acceptors (Lipinski definition) is 4. The van der Waals surface area contributed by atoms with Gasteiger partial charge in [-0.25, -0.2) is 9.97 Å². The zero-order chi connectivity index (χ0) is 17.0. The van der Waals surface area contributed by atoms with Gasteiger partial charge in [-0.1, -0.05) is 31.2 Å². The second-order valence-electron chi connectivity index (χ2n) is 6.63. The highest BCUT2D eigenvalue weighted by Gasteiger charge is 2.67. The summed E-state index contributed by atoms with van der Waals surface area (Å²) in [4.78, 5) is 17.3. The maximum atomic E-state index is 9.99. The Morgan fingerprint density at radius 1 is 1.00 bits per heavy atom. The molecule has 1 saturated carbocycles. The third-order valence-corrected chi connectivity index (χ3v) is 5.35. The maximum Gasteiger partial charge on any atom is 0.128 e. The van der Waals surface area contributed by atoms with Gasteiger partial charge >= 0.3 is 0 Å². The largest absolute Gasteiger partial charge is 0.341 e. The van der Waals surface area contributed by atoms with Gasteiger partial charge < -0.3 is 4.98 Å². The van der Waals surface area contributed by atoms with Crippen LogP contribution >= 0.6 is 0 Å². The first-order valence-electron chi connectivity index (χ1n) is 8.32. The van der Waals surface area contributed by atoms with E-state index >= 15 is 0 Å². The number of imidazole rings is 1. The molecule has 1 aliphatic carbocycles. The predicted octanol–water partition coefficient (Wildman–Crippen LogP) is 3.70. The Bertz CT molecular complexity index is 1120. The van der Waals surface area contributed by atoms with E-state index in [9.17, 15) is 5.26 Å². The molecule has 2 aromatic heterocycles. The minimum atomic E-state index is -0.670. The lowest BCUT2D eigenvalue weighted by molar-refractivity contribution is 0.737. The molecule has 0 bridgehead atoms. The Hall–Kier alpha value is -3.26. The van der Waals surface area contributed by atoms with Gasteiger partial charge in [-0.15, -0.1) is 0 Å². The molecular formula is C20H15N5. The van der Waals surface area contributed by atoms with E-state index in [1.807, 2.05) is 48.5 Å². The summed E-state index contributed by atoms with van der Waals surface area (Å²) in [5, 5.41) is 9.99. The molecule has 0 radical (unpaired) electrons. The van der Waals surface area contributed by atoms with Crippen LogP contribution in [0.4, 0.5) is 0 Å². The summed E-state index contributed by atoms with van der Waals surface area (Å²) in [7, 11) is 0. The van der Waals surface area contributed by atoms with Crippen molar-refractivity contribution in [2.45, 2.75) is 18.3 Å². The fourth-order valence-corrected chi connectivity index (χ4v) is 3.91. The van der Waals surface area contributed by atoms with E-state index in [0.717, 1.165) is 33.6 Å². The van der Waals surface area contributed by atoms with Crippen molar-refractivity contribution in [1.29, 1.82) is 5.26 Å². The smallest absolute Gasteiger partial charge is 0.128 e. The van der Waals surface area contributed by atoms with Crippen LogP contribution in [0.3, 0.4) is 0 Å². The maximum absolute atomic E-state index is 9.99. The summed E-state index contributed by atoms with van der Waals surface area (Å²) in [6.45, 7) is 2.08. The molecule has 25 heavy (non-hydrogen) atoms. The van der Waals surface area contributed by atoms with Crippen molar-refractivity contribution in [3.8, 4) is 6.07 Å². The van der Waals surface area contributed by atoms with Crippen molar-refractivity contribution in [3.05, 3.63) is 66.2 Å². The van der Waals surface area contributed by atoms with Crippen molar-refractivity contribution in [3.63, 3.8) is 0 Å². The molecule has 0 spiro atoms. The number of benzene rings is 2. The molecule has 5 rings (SSSR count). The van der Waals surface area contributed by atoms with Crippen molar-refractivity contribution >= 4 is 22.1 Å². The molecule has 5 nitrogen and oxygen atoms in total. The van der Waals surface area contributed by atoms with Crippen LogP contribution in [0.25, 0.3) is 22.1 Å². The van der Waals surface area contributed by atoms with E-state index in [2.05, 4.69) is 27.9 Å². The van der Waals surface area contributed by atoms with Gasteiger partial charge in [0.2, 0.25) is 0 Å². The number of aromatic amines is 1. The zero-order valence-electron chi connectivity index (χ0n) is 13.6. The molecule has 120 valence electrons. The molecule has 3 atom stereocenters. The Kier molecular flexibility index (Phi) is 2.75. The van der Waals surface area contributed by atoms with Gasteiger partial charge in [0.15, 0.2) is 0 Å². The summed E-state index contributed by atoms with van der Waals surface area (Å²) in [6.07, 6.45) is 1.80. The normalized spacial score (nSPS) is 25.1. The highest BCUT2D eigenvalue weighted by molar-refractivity contribution is 5.76. The molecule has 2 aromatic carbocycles. The summed E-state index contributed by atoms with van der Waals surface area (Å²) in [5.74, 6) is 0.854. The number of para-hydroxylation sites is 4. The Morgan fingerprint density at radius 3 is 2.48 bits per heavy atom. The number of rotatable bonds is 2. The van der Waals surface area contributed by atoms with Crippen molar-refractivity contribution < 1.29 is 0 Å². The van der Waals surface area contributed by atoms with Crippen molar-refractivity contribution in [1.82, 2.24) is 19.9 Å². The second kappa shape index (κ2) is 4.87. The zero-order valence-corrected chi connectivity index (χ0v) is 13.6. The van der Waals surface area contributed by atoms with Crippen LogP contribution in [0.15, 0.2) is 54.7 Å². The van der Waals surface area contributed by atoms with Crippen LogP contribution in [0.1, 0.15) is 24.4 Å². The molecule has 0 aliphatic heterocycles. The van der Waals surface area contributed by atoms with Crippen LogP contribution in [0.5, 0.6) is 0 Å². The molecular weight excluding hydrogens is 310 g/mol. The Morgan fingerprint density at radius 2 is 1.72 bits per heavy atom. The van der Waals surface area contributed by atoms with Crippen molar-refractivity contribution in [2.24, 2.45) is 5.92 Å². The fraction of sp³-hybridized carbons (Fsp3) is 0.200. The average molecular weight is 325 g/mol. The lowest BCUT2D eigenvalue weighted by Crippen LogP contribution is -2.11. The van der Waals surface area contributed by atoms with Gasteiger partial charge in [-0.05, 0) is 30.2 Å². The number of nitriles is 1. The van der Waals surface area contributed by atoms with E-state index in [1.165, 1.54) is 0 Å². The Balaban J connectivity index is 1.63. The lowest BCUT2D eigenvalue weighted by Gasteiger charge is -2.06. The molecule has 1 N–H and O–H groups in total. The van der Waals surface area contributed by atoms with Gasteiger partial charge in [-0.3, -0.25) is 4.98 Å². The highest BCUT2D eigenvalue weighted by Crippen LogP contribution is 2.64. The minimum Gasteiger partial charge on any atom is -0.341 e. The fourth-order valence-electron chi connectivity index (χ4n) is 3.91. The van der Waals surface area contributed by atoms with E-state index < -0.39 is 5.41 Å². The summed E-state index contributed by atoms with van der Waals surface area (Å²) >= 11 is 0. The van der Waals surface area contributed by atoms with Crippen LogP contribution in [0.2, 0.25) is 0 Å². The summed E-state index contributed by atoms with van der Waals surface area (Å²) < 4.78 is 0. The standard InChI is InChI=1S/C20H15N5/c1-12-18(17-10-22-13-6-2-3-7-14(13)23-17)20(12,11-21)19-24-15-8-4-5-9-16(15)25-19/h2-10,12,18H,1H3,(H,24,25)/t12-,18+,20-/m0/s1. The highest BCUT2D eigenvalue weighted by atomic mass is 15.0. The number of aromatic nitrogens is 4. The van der Waals surface area contributed by atoms with E-state index in [1.54, 1.807) is 6.20 Å². The summed E-state index contributed by atoms with van der Waals surface area (Å²) in [5.41, 5.74) is 3.75. The molecule has 1 aliphatic rings. The van der Waals surface area contributed by atoms with Gasteiger partial charge in [0.05, 0.1) is 33.8 Å². The van der Waals surface area contributed by atoms with E-state index in [-0.39, 0.29) is 11.8 Å². The molecule has 1 fully saturated rings. The third kappa shape index (κ3) is 1.85. The van der Waals surface area contributed by atoms with Crippen LogP contribution in [-0.4, -0.2) is 19.9 Å².